The predicted octanol–water partition coefficient (Wildman–Crippen LogP) is -0.950. The highest BCUT2D eigenvalue weighted by Crippen LogP contribution is 2.35. The van der Waals surface area contributed by atoms with Crippen LogP contribution >= 0.6 is 0 Å². The Kier molecular flexibility index (Phi) is 1.87. The maximum atomic E-state index is 11.7. The van der Waals surface area contributed by atoms with E-state index in [1.165, 1.54) is 4.57 Å². The highest BCUT2D eigenvalue weighted by atomic mass is 16.5. The average molecular weight is 224 g/mol. The third-order valence-electron chi connectivity index (χ3n) is 3.39. The molecule has 2 bridgehead atoms. The van der Waals surface area contributed by atoms with Crippen LogP contribution in [0.15, 0.2) is 9.59 Å². The molecule has 86 valence electrons. The lowest BCUT2D eigenvalue weighted by Crippen LogP contribution is -2.40. The van der Waals surface area contributed by atoms with Gasteiger partial charge in [0.1, 0.15) is 6.23 Å². The van der Waals surface area contributed by atoms with Gasteiger partial charge in [0.2, 0.25) is 0 Å². The molecule has 1 aromatic rings. The number of nitrogens with one attached hydrogen (secondary N) is 1. The Morgan fingerprint density at radius 1 is 1.50 bits per heavy atom. The zero-order valence-electron chi connectivity index (χ0n) is 8.77. The summed E-state index contributed by atoms with van der Waals surface area (Å²) in [5.74, 6) is 0. The van der Waals surface area contributed by atoms with Gasteiger partial charge in [0.15, 0.2) is 0 Å². The van der Waals surface area contributed by atoms with Crippen LogP contribution in [0, 0.1) is 6.92 Å². The topological polar surface area (TPSA) is 84.3 Å². The molecule has 1 fully saturated rings. The third-order valence-corrected chi connectivity index (χ3v) is 3.39. The lowest BCUT2D eigenvalue weighted by Gasteiger charge is -2.26. The summed E-state index contributed by atoms with van der Waals surface area (Å²) in [7, 11) is 0. The number of hydrogen-bond donors (Lipinski definition) is 2. The number of aliphatic hydroxyl groups is 1. The summed E-state index contributed by atoms with van der Waals surface area (Å²) >= 11 is 0. The molecule has 6 heteroatoms. The molecular weight excluding hydrogens is 212 g/mol. The number of hydrogen-bond acceptors (Lipinski definition) is 4. The summed E-state index contributed by atoms with van der Waals surface area (Å²) in [5, 5.41) is 9.69. The largest absolute Gasteiger partial charge is 0.390 e. The van der Waals surface area contributed by atoms with Crippen LogP contribution in [-0.2, 0) is 11.2 Å². The second-order valence-corrected chi connectivity index (χ2v) is 4.34. The summed E-state index contributed by atoms with van der Waals surface area (Å²) < 4.78 is 6.95. The van der Waals surface area contributed by atoms with Crippen molar-refractivity contribution in [1.29, 1.82) is 0 Å². The lowest BCUT2D eigenvalue weighted by atomic mass is 10.1. The molecule has 0 radical (unpaired) electrons. The molecule has 2 aliphatic rings. The first-order valence-corrected chi connectivity index (χ1v) is 5.25. The van der Waals surface area contributed by atoms with Gasteiger partial charge in [0.05, 0.1) is 12.2 Å². The molecule has 16 heavy (non-hydrogen) atoms. The molecule has 3 atom stereocenters. The van der Waals surface area contributed by atoms with Gasteiger partial charge in [-0.1, -0.05) is 0 Å². The van der Waals surface area contributed by atoms with Crippen molar-refractivity contribution >= 4 is 0 Å². The molecule has 0 spiro atoms. The molecule has 1 saturated heterocycles. The van der Waals surface area contributed by atoms with Gasteiger partial charge in [0.25, 0.3) is 5.56 Å². The van der Waals surface area contributed by atoms with Crippen molar-refractivity contribution in [3.05, 3.63) is 32.1 Å². The molecular formula is C10H12N2O4. The summed E-state index contributed by atoms with van der Waals surface area (Å²) in [6.45, 7) is 1.68. The Morgan fingerprint density at radius 2 is 2.25 bits per heavy atom. The third kappa shape index (κ3) is 1.14. The number of nitrogens with zero attached hydrogens (tertiary/aromatic N) is 1. The lowest BCUT2D eigenvalue weighted by molar-refractivity contribution is -0.0404. The molecule has 6 nitrogen and oxygen atoms in total. The normalized spacial score (nSPS) is 31.5. The minimum absolute atomic E-state index is 0.287. The molecule has 3 rings (SSSR count). The average Bonchev–Trinajstić information content (AvgIpc) is 2.51. The minimum atomic E-state index is -0.557. The first-order chi connectivity index (χ1) is 7.58. The van der Waals surface area contributed by atoms with E-state index in [-0.39, 0.29) is 11.7 Å². The molecule has 3 heterocycles. The monoisotopic (exact) mass is 224 g/mol. The zero-order valence-corrected chi connectivity index (χ0v) is 8.77. The van der Waals surface area contributed by atoms with Gasteiger partial charge in [-0.15, -0.1) is 0 Å². The van der Waals surface area contributed by atoms with Crippen LogP contribution < -0.4 is 11.2 Å². The maximum Gasteiger partial charge on any atom is 0.330 e. The van der Waals surface area contributed by atoms with Crippen molar-refractivity contribution in [3.63, 3.8) is 0 Å². The Morgan fingerprint density at radius 3 is 3.00 bits per heavy atom. The first kappa shape index (κ1) is 9.80. The van der Waals surface area contributed by atoms with Gasteiger partial charge in [-0.2, -0.15) is 0 Å². The SMILES string of the molecule is Cc1c2n(c(=O)[nH]c1=O)[C@H]1C[C@H](O)[C@@H](C2)O1. The van der Waals surface area contributed by atoms with Crippen LogP contribution in [0.25, 0.3) is 0 Å². The smallest absolute Gasteiger partial charge is 0.330 e. The number of fused-ring (bicyclic) bond motifs is 4. The van der Waals surface area contributed by atoms with Crippen molar-refractivity contribution in [2.75, 3.05) is 0 Å². The van der Waals surface area contributed by atoms with E-state index in [4.69, 9.17) is 4.74 Å². The number of aromatic nitrogens is 2. The van der Waals surface area contributed by atoms with Crippen molar-refractivity contribution in [2.24, 2.45) is 0 Å². The van der Waals surface area contributed by atoms with Crippen LogP contribution in [0.3, 0.4) is 0 Å². The van der Waals surface area contributed by atoms with Crippen LogP contribution in [-0.4, -0.2) is 26.9 Å². The van der Waals surface area contributed by atoms with Gasteiger partial charge >= 0.3 is 5.69 Å². The van der Waals surface area contributed by atoms with Crippen LogP contribution in [0.5, 0.6) is 0 Å². The molecule has 0 amide bonds. The summed E-state index contributed by atoms with van der Waals surface area (Å²) in [4.78, 5) is 25.4. The van der Waals surface area contributed by atoms with Gasteiger partial charge in [-0.3, -0.25) is 14.3 Å². The fraction of sp³-hybridized carbons (Fsp3) is 0.600. The summed E-state index contributed by atoms with van der Waals surface area (Å²) in [6.07, 6.45) is -0.457. The molecule has 2 aliphatic heterocycles. The van der Waals surface area contributed by atoms with Crippen molar-refractivity contribution < 1.29 is 9.84 Å². The fourth-order valence-corrected chi connectivity index (χ4v) is 2.49. The maximum absolute atomic E-state index is 11.7. The van der Waals surface area contributed by atoms with Crippen molar-refractivity contribution in [3.8, 4) is 0 Å². The first-order valence-electron chi connectivity index (χ1n) is 5.25. The van der Waals surface area contributed by atoms with E-state index < -0.39 is 18.0 Å². The molecule has 2 N–H and O–H groups in total. The minimum Gasteiger partial charge on any atom is -0.390 e. The number of aliphatic hydroxyl groups excluding tert-OH is 1. The number of ether oxygens (including phenoxy) is 1. The van der Waals surface area contributed by atoms with E-state index in [9.17, 15) is 14.7 Å². The fourth-order valence-electron chi connectivity index (χ4n) is 2.49. The van der Waals surface area contributed by atoms with Crippen LogP contribution in [0.4, 0.5) is 0 Å². The van der Waals surface area contributed by atoms with Crippen molar-refractivity contribution in [2.45, 2.75) is 38.2 Å². The van der Waals surface area contributed by atoms with Gasteiger partial charge in [-0.05, 0) is 6.92 Å². The van der Waals surface area contributed by atoms with Crippen LogP contribution in [0.1, 0.15) is 23.9 Å². The number of H-pyrrole nitrogens is 1. The quantitative estimate of drug-likeness (QED) is 0.595. The summed E-state index contributed by atoms with van der Waals surface area (Å²) in [5.41, 5.74) is 0.411. The predicted molar refractivity (Wildman–Crippen MR) is 54.3 cm³/mol. The van der Waals surface area contributed by atoms with Gasteiger partial charge in [0, 0.05) is 24.1 Å². The molecule has 0 aliphatic carbocycles. The van der Waals surface area contributed by atoms with E-state index in [1.54, 1.807) is 6.92 Å². The summed E-state index contributed by atoms with van der Waals surface area (Å²) in [6, 6.07) is 0. The highest BCUT2D eigenvalue weighted by molar-refractivity contribution is 5.20. The van der Waals surface area contributed by atoms with Crippen LogP contribution in [0.2, 0.25) is 0 Å². The van der Waals surface area contributed by atoms with Gasteiger partial charge < -0.3 is 9.84 Å². The van der Waals surface area contributed by atoms with Gasteiger partial charge in [-0.25, -0.2) is 4.79 Å². The van der Waals surface area contributed by atoms with E-state index in [0.717, 1.165) is 0 Å². The van der Waals surface area contributed by atoms with E-state index in [0.29, 0.717) is 24.1 Å². The van der Waals surface area contributed by atoms with E-state index in [2.05, 4.69) is 4.98 Å². The molecule has 0 aromatic carbocycles. The number of aromatic amines is 1. The Hall–Kier alpha value is -1.40. The highest BCUT2D eigenvalue weighted by Gasteiger charge is 2.41. The molecule has 0 unspecified atom stereocenters. The molecule has 1 aromatic heterocycles. The molecule has 0 saturated carbocycles. The Labute approximate surface area is 90.5 Å². The zero-order chi connectivity index (χ0) is 11.4. The standard InChI is InChI=1S/C10H12N2O4/c1-4-5-2-7-6(13)3-8(16-7)12(5)10(15)11-9(4)14/h6-8,13H,2-3H2,1H3,(H,11,14,15)/t6-,7+,8+/m0/s1. The number of rotatable bonds is 0. The van der Waals surface area contributed by atoms with E-state index in [1.807, 2.05) is 0 Å². The Balaban J connectivity index is 2.28. The second kappa shape index (κ2) is 3.05. The van der Waals surface area contributed by atoms with Crippen molar-refractivity contribution in [1.82, 2.24) is 9.55 Å². The Bertz CT molecular complexity index is 557. The van der Waals surface area contributed by atoms with E-state index >= 15 is 0 Å². The second-order valence-electron chi connectivity index (χ2n) is 4.34.